The molecule has 1 aromatic heterocycles. The number of hydrogen-bond donors (Lipinski definition) is 1. The van der Waals surface area contributed by atoms with Gasteiger partial charge >= 0.3 is 0 Å². The van der Waals surface area contributed by atoms with Crippen LogP contribution in [-0.2, 0) is 0 Å². The number of rotatable bonds is 2. The Kier molecular flexibility index (Phi) is 3.74. The number of para-hydroxylation sites is 1. The molecule has 0 bridgehead atoms. The van der Waals surface area contributed by atoms with Crippen molar-refractivity contribution in [1.82, 2.24) is 9.78 Å². The molecule has 0 radical (unpaired) electrons. The van der Waals surface area contributed by atoms with Crippen LogP contribution < -0.4 is 10.5 Å². The molecule has 1 atom stereocenters. The number of allylic oxidation sites excluding steroid dienone is 1. The van der Waals surface area contributed by atoms with Gasteiger partial charge in [-0.15, -0.1) is 0 Å². The average Bonchev–Trinajstić information content (AvgIpc) is 2.98. The first kappa shape index (κ1) is 16.0. The van der Waals surface area contributed by atoms with Crippen LogP contribution in [0.15, 0.2) is 66.1 Å². The molecule has 0 fully saturated rings. The van der Waals surface area contributed by atoms with E-state index in [1.807, 2.05) is 68.4 Å². The molecule has 0 amide bonds. The lowest BCUT2D eigenvalue weighted by Gasteiger charge is -2.25. The van der Waals surface area contributed by atoms with Gasteiger partial charge in [-0.1, -0.05) is 48.0 Å². The topological polar surface area (TPSA) is 76.9 Å². The number of nitrogens with zero attached hydrogens (tertiary/aromatic N) is 3. The van der Waals surface area contributed by atoms with Crippen molar-refractivity contribution in [2.24, 2.45) is 5.73 Å². The molecule has 5 nitrogen and oxygen atoms in total. The Morgan fingerprint density at radius 2 is 1.77 bits per heavy atom. The van der Waals surface area contributed by atoms with E-state index in [1.165, 1.54) is 0 Å². The van der Waals surface area contributed by atoms with Gasteiger partial charge in [0.1, 0.15) is 11.6 Å². The third-order valence-corrected chi connectivity index (χ3v) is 4.64. The van der Waals surface area contributed by atoms with Gasteiger partial charge in [-0.05, 0) is 31.5 Å². The van der Waals surface area contributed by atoms with E-state index in [9.17, 15) is 5.26 Å². The van der Waals surface area contributed by atoms with Gasteiger partial charge in [-0.2, -0.15) is 10.4 Å². The maximum Gasteiger partial charge on any atom is 0.229 e. The van der Waals surface area contributed by atoms with E-state index in [1.54, 1.807) is 4.68 Å². The van der Waals surface area contributed by atoms with Crippen molar-refractivity contribution < 1.29 is 4.74 Å². The predicted molar refractivity (Wildman–Crippen MR) is 98.8 cm³/mol. The Labute approximate surface area is 151 Å². The summed E-state index contributed by atoms with van der Waals surface area (Å²) in [5.41, 5.74) is 11.3. The summed E-state index contributed by atoms with van der Waals surface area (Å²) in [5, 5.41) is 14.4. The molecule has 0 aliphatic carbocycles. The number of benzene rings is 2. The van der Waals surface area contributed by atoms with Gasteiger partial charge in [-0.25, -0.2) is 4.68 Å². The summed E-state index contributed by atoms with van der Waals surface area (Å²) in [5.74, 6) is 0.403. The van der Waals surface area contributed by atoms with Gasteiger partial charge in [0.15, 0.2) is 0 Å². The first-order chi connectivity index (χ1) is 12.6. The molecule has 3 aromatic rings. The second-order valence-corrected chi connectivity index (χ2v) is 6.39. The Morgan fingerprint density at radius 1 is 1.08 bits per heavy atom. The maximum absolute atomic E-state index is 9.69. The first-order valence-electron chi connectivity index (χ1n) is 8.39. The molecule has 0 saturated heterocycles. The Hall–Kier alpha value is -3.52. The highest BCUT2D eigenvalue weighted by atomic mass is 16.5. The highest BCUT2D eigenvalue weighted by molar-refractivity contribution is 5.57. The van der Waals surface area contributed by atoms with E-state index in [4.69, 9.17) is 10.5 Å². The van der Waals surface area contributed by atoms with Crippen molar-refractivity contribution in [1.29, 1.82) is 5.26 Å². The lowest BCUT2D eigenvalue weighted by Crippen LogP contribution is -2.22. The van der Waals surface area contributed by atoms with Crippen LogP contribution in [0, 0.1) is 25.2 Å². The summed E-state index contributed by atoms with van der Waals surface area (Å²) >= 11 is 0. The third kappa shape index (κ3) is 2.44. The van der Waals surface area contributed by atoms with Gasteiger partial charge in [-0.3, -0.25) is 0 Å². The number of aryl methyl sites for hydroxylation is 2. The number of fused-ring (bicyclic) bond motifs is 1. The molecule has 4 rings (SSSR count). The molecule has 0 unspecified atom stereocenters. The largest absolute Gasteiger partial charge is 0.422 e. The zero-order chi connectivity index (χ0) is 18.3. The van der Waals surface area contributed by atoms with Crippen molar-refractivity contribution >= 4 is 0 Å². The number of hydrogen-bond acceptors (Lipinski definition) is 4. The fraction of sp³-hybridized carbons (Fsp3) is 0.143. The third-order valence-electron chi connectivity index (χ3n) is 4.64. The molecule has 2 heterocycles. The molecule has 5 heteroatoms. The van der Waals surface area contributed by atoms with Crippen molar-refractivity contribution in [3.63, 3.8) is 0 Å². The van der Waals surface area contributed by atoms with Crippen molar-refractivity contribution in [2.75, 3.05) is 0 Å². The van der Waals surface area contributed by atoms with E-state index in [0.717, 1.165) is 28.1 Å². The molecule has 0 saturated carbocycles. The molecule has 128 valence electrons. The summed E-state index contributed by atoms with van der Waals surface area (Å²) < 4.78 is 7.60. The lowest BCUT2D eigenvalue weighted by atomic mass is 9.84. The van der Waals surface area contributed by atoms with Crippen LogP contribution in [0.2, 0.25) is 0 Å². The maximum atomic E-state index is 9.69. The van der Waals surface area contributed by atoms with Crippen LogP contribution in [0.4, 0.5) is 0 Å². The SMILES string of the molecule is Cc1ccc([C@H]2C(C#N)=C(N)Oc3c2c(C)nn3-c2ccccc2)cc1. The normalized spacial score (nSPS) is 16.0. The monoisotopic (exact) mass is 342 g/mol. The zero-order valence-corrected chi connectivity index (χ0v) is 14.6. The van der Waals surface area contributed by atoms with Crippen LogP contribution in [0.5, 0.6) is 5.88 Å². The summed E-state index contributed by atoms with van der Waals surface area (Å²) in [6.07, 6.45) is 0. The Bertz CT molecular complexity index is 1040. The van der Waals surface area contributed by atoms with E-state index in [2.05, 4.69) is 11.2 Å². The van der Waals surface area contributed by atoms with Gasteiger partial charge < -0.3 is 10.5 Å². The van der Waals surface area contributed by atoms with Crippen LogP contribution in [0.1, 0.15) is 28.3 Å². The molecule has 1 aliphatic heterocycles. The van der Waals surface area contributed by atoms with Crippen LogP contribution in [0.25, 0.3) is 5.69 Å². The predicted octanol–water partition coefficient (Wildman–Crippen LogP) is 3.71. The summed E-state index contributed by atoms with van der Waals surface area (Å²) in [4.78, 5) is 0. The number of aromatic nitrogens is 2. The fourth-order valence-electron chi connectivity index (χ4n) is 3.35. The van der Waals surface area contributed by atoms with E-state index in [0.29, 0.717) is 11.5 Å². The molecule has 0 spiro atoms. The minimum atomic E-state index is -0.290. The number of nitriles is 1. The minimum absolute atomic E-state index is 0.127. The zero-order valence-electron chi connectivity index (χ0n) is 14.6. The van der Waals surface area contributed by atoms with Crippen LogP contribution >= 0.6 is 0 Å². The fourth-order valence-corrected chi connectivity index (χ4v) is 3.35. The lowest BCUT2D eigenvalue weighted by molar-refractivity contribution is 0.367. The molecule has 1 aliphatic rings. The van der Waals surface area contributed by atoms with Gasteiger partial charge in [0.2, 0.25) is 11.8 Å². The van der Waals surface area contributed by atoms with Crippen molar-refractivity contribution in [3.8, 4) is 17.6 Å². The minimum Gasteiger partial charge on any atom is -0.422 e. The average molecular weight is 342 g/mol. The van der Waals surface area contributed by atoms with Gasteiger partial charge in [0.25, 0.3) is 0 Å². The van der Waals surface area contributed by atoms with Crippen LogP contribution in [0.3, 0.4) is 0 Å². The molecular weight excluding hydrogens is 324 g/mol. The number of nitrogens with two attached hydrogens (primary N) is 1. The Morgan fingerprint density at radius 3 is 2.42 bits per heavy atom. The van der Waals surface area contributed by atoms with E-state index < -0.39 is 0 Å². The van der Waals surface area contributed by atoms with Crippen molar-refractivity contribution in [2.45, 2.75) is 19.8 Å². The smallest absolute Gasteiger partial charge is 0.229 e. The second-order valence-electron chi connectivity index (χ2n) is 6.39. The van der Waals surface area contributed by atoms with E-state index in [-0.39, 0.29) is 11.8 Å². The quantitative estimate of drug-likeness (QED) is 0.770. The van der Waals surface area contributed by atoms with Gasteiger partial charge in [0, 0.05) is 0 Å². The molecule has 26 heavy (non-hydrogen) atoms. The molecule has 2 N–H and O–H groups in total. The highest BCUT2D eigenvalue weighted by Gasteiger charge is 2.35. The Balaban J connectivity index is 1.95. The van der Waals surface area contributed by atoms with Gasteiger partial charge in [0.05, 0.1) is 22.9 Å². The standard InChI is InChI=1S/C21H18N4O/c1-13-8-10-15(11-9-13)19-17(12-22)20(23)26-21-18(19)14(2)24-25(21)16-6-4-3-5-7-16/h3-11,19H,23H2,1-2H3/t19-/m0/s1. The molecule has 2 aromatic carbocycles. The summed E-state index contributed by atoms with van der Waals surface area (Å²) in [7, 11) is 0. The van der Waals surface area contributed by atoms with E-state index >= 15 is 0 Å². The summed E-state index contributed by atoms with van der Waals surface area (Å²) in [6.45, 7) is 3.96. The second kappa shape index (κ2) is 6.08. The highest BCUT2D eigenvalue weighted by Crippen LogP contribution is 2.44. The number of ether oxygens (including phenoxy) is 1. The van der Waals surface area contributed by atoms with Crippen molar-refractivity contribution in [3.05, 3.63) is 88.4 Å². The first-order valence-corrected chi connectivity index (χ1v) is 8.39. The molecular formula is C21H18N4O. The summed E-state index contributed by atoms with van der Waals surface area (Å²) in [6, 6.07) is 20.1. The van der Waals surface area contributed by atoms with Crippen LogP contribution in [-0.4, -0.2) is 9.78 Å².